The van der Waals surface area contributed by atoms with Crippen LogP contribution in [0.15, 0.2) is 12.2 Å². The quantitative estimate of drug-likeness (QED) is 0.664. The van der Waals surface area contributed by atoms with Crippen molar-refractivity contribution >= 4 is 0 Å². The second-order valence-corrected chi connectivity index (χ2v) is 3.79. The van der Waals surface area contributed by atoms with Crippen molar-refractivity contribution in [2.45, 2.75) is 19.9 Å². The highest BCUT2D eigenvalue weighted by molar-refractivity contribution is 4.81. The topological polar surface area (TPSA) is 24.5 Å². The van der Waals surface area contributed by atoms with Crippen molar-refractivity contribution in [2.75, 3.05) is 39.4 Å². The van der Waals surface area contributed by atoms with Crippen LogP contribution in [0.1, 0.15) is 13.8 Å². The molecule has 0 aliphatic carbocycles. The fraction of sp³-hybridized carbons (Fsp3) is 0.818. The predicted molar refractivity (Wildman–Crippen MR) is 59.5 cm³/mol. The zero-order valence-corrected chi connectivity index (χ0v) is 9.33. The van der Waals surface area contributed by atoms with E-state index in [1.807, 2.05) is 6.92 Å². The van der Waals surface area contributed by atoms with E-state index >= 15 is 0 Å². The van der Waals surface area contributed by atoms with Gasteiger partial charge in [0, 0.05) is 32.2 Å². The van der Waals surface area contributed by atoms with Crippen molar-refractivity contribution in [1.29, 1.82) is 0 Å². The van der Waals surface area contributed by atoms with Crippen molar-refractivity contribution in [3.05, 3.63) is 12.2 Å². The van der Waals surface area contributed by atoms with E-state index in [0.717, 1.165) is 39.4 Å². The van der Waals surface area contributed by atoms with E-state index in [1.165, 1.54) is 0 Å². The van der Waals surface area contributed by atoms with Gasteiger partial charge in [0.15, 0.2) is 0 Å². The molecule has 0 aromatic heterocycles. The summed E-state index contributed by atoms with van der Waals surface area (Å²) in [6.45, 7) is 10.3. The van der Waals surface area contributed by atoms with Gasteiger partial charge >= 0.3 is 0 Å². The molecular formula is C11H22N2O. The molecule has 1 aliphatic heterocycles. The highest BCUT2D eigenvalue weighted by Gasteiger charge is 2.12. The molecule has 1 N–H and O–H groups in total. The molecule has 3 nitrogen and oxygen atoms in total. The first kappa shape index (κ1) is 11.7. The number of hydrogen-bond donors (Lipinski definition) is 1. The Labute approximate surface area is 87.1 Å². The Balaban J connectivity index is 2.08. The highest BCUT2D eigenvalue weighted by Crippen LogP contribution is 1.97. The predicted octanol–water partition coefficient (Wildman–Crippen LogP) is 0.873. The van der Waals surface area contributed by atoms with E-state index in [0.29, 0.717) is 6.04 Å². The molecule has 1 rings (SSSR count). The van der Waals surface area contributed by atoms with Crippen molar-refractivity contribution < 1.29 is 4.74 Å². The maximum atomic E-state index is 5.31. The summed E-state index contributed by atoms with van der Waals surface area (Å²) in [7, 11) is 0. The minimum Gasteiger partial charge on any atom is -0.379 e. The number of ether oxygens (including phenoxy) is 1. The molecule has 1 saturated heterocycles. The second kappa shape index (κ2) is 6.98. The SMILES string of the molecule is C/C=C/CNC(C)CN1CCOCC1. The molecule has 0 saturated carbocycles. The van der Waals surface area contributed by atoms with E-state index in [4.69, 9.17) is 4.74 Å². The first-order valence-electron chi connectivity index (χ1n) is 5.47. The Bertz CT molecular complexity index is 165. The van der Waals surface area contributed by atoms with Crippen LogP contribution in [0.25, 0.3) is 0 Å². The van der Waals surface area contributed by atoms with Crippen LogP contribution in [0.3, 0.4) is 0 Å². The van der Waals surface area contributed by atoms with E-state index in [-0.39, 0.29) is 0 Å². The lowest BCUT2D eigenvalue weighted by Gasteiger charge is -2.29. The van der Waals surface area contributed by atoms with E-state index in [1.54, 1.807) is 0 Å². The number of hydrogen-bond acceptors (Lipinski definition) is 3. The van der Waals surface area contributed by atoms with Crippen LogP contribution in [0, 0.1) is 0 Å². The molecule has 14 heavy (non-hydrogen) atoms. The lowest BCUT2D eigenvalue weighted by atomic mass is 10.3. The summed E-state index contributed by atoms with van der Waals surface area (Å²) in [6.07, 6.45) is 4.23. The zero-order chi connectivity index (χ0) is 10.2. The van der Waals surface area contributed by atoms with Gasteiger partial charge in [-0.25, -0.2) is 0 Å². The third-order valence-corrected chi connectivity index (χ3v) is 2.46. The van der Waals surface area contributed by atoms with Crippen LogP contribution in [-0.2, 0) is 4.74 Å². The second-order valence-electron chi connectivity index (χ2n) is 3.79. The number of nitrogens with one attached hydrogen (secondary N) is 1. The van der Waals surface area contributed by atoms with E-state index in [9.17, 15) is 0 Å². The summed E-state index contributed by atoms with van der Waals surface area (Å²) in [5.41, 5.74) is 0. The molecule has 1 fully saturated rings. The molecule has 1 heterocycles. The molecular weight excluding hydrogens is 176 g/mol. The van der Waals surface area contributed by atoms with Gasteiger partial charge in [-0.15, -0.1) is 0 Å². The summed E-state index contributed by atoms with van der Waals surface area (Å²) >= 11 is 0. The van der Waals surface area contributed by atoms with Crippen LogP contribution in [0.5, 0.6) is 0 Å². The summed E-state index contributed by atoms with van der Waals surface area (Å²) in [4.78, 5) is 2.46. The number of nitrogens with zero attached hydrogens (tertiary/aromatic N) is 1. The monoisotopic (exact) mass is 198 g/mol. The number of morpholine rings is 1. The molecule has 0 aromatic carbocycles. The van der Waals surface area contributed by atoms with Crippen LogP contribution < -0.4 is 5.32 Å². The molecule has 0 aromatic rings. The van der Waals surface area contributed by atoms with Crippen LogP contribution in [-0.4, -0.2) is 50.3 Å². The lowest BCUT2D eigenvalue weighted by Crippen LogP contribution is -2.44. The van der Waals surface area contributed by atoms with Gasteiger partial charge in [-0.3, -0.25) is 4.90 Å². The van der Waals surface area contributed by atoms with Gasteiger partial charge in [0.25, 0.3) is 0 Å². The van der Waals surface area contributed by atoms with E-state index in [2.05, 4.69) is 29.3 Å². The van der Waals surface area contributed by atoms with Crippen LogP contribution >= 0.6 is 0 Å². The molecule has 1 atom stereocenters. The number of allylic oxidation sites excluding steroid dienone is 1. The normalized spacial score (nSPS) is 21.6. The minimum absolute atomic E-state index is 0.560. The highest BCUT2D eigenvalue weighted by atomic mass is 16.5. The molecule has 0 bridgehead atoms. The van der Waals surface area contributed by atoms with Gasteiger partial charge in [0.2, 0.25) is 0 Å². The largest absolute Gasteiger partial charge is 0.379 e. The van der Waals surface area contributed by atoms with Crippen molar-refractivity contribution in [3.63, 3.8) is 0 Å². The smallest absolute Gasteiger partial charge is 0.0594 e. The minimum atomic E-state index is 0.560. The maximum Gasteiger partial charge on any atom is 0.0594 e. The Hall–Kier alpha value is -0.380. The molecule has 0 amide bonds. The molecule has 1 unspecified atom stereocenters. The number of rotatable bonds is 5. The zero-order valence-electron chi connectivity index (χ0n) is 9.33. The fourth-order valence-corrected chi connectivity index (χ4v) is 1.62. The Kier molecular flexibility index (Phi) is 5.83. The third-order valence-electron chi connectivity index (χ3n) is 2.46. The molecule has 0 spiro atoms. The standard InChI is InChI=1S/C11H22N2O/c1-3-4-5-12-11(2)10-13-6-8-14-9-7-13/h3-4,11-12H,5-10H2,1-2H3/b4-3+. The van der Waals surface area contributed by atoms with Crippen molar-refractivity contribution in [3.8, 4) is 0 Å². The van der Waals surface area contributed by atoms with Crippen molar-refractivity contribution in [2.24, 2.45) is 0 Å². The first-order chi connectivity index (χ1) is 6.83. The maximum absolute atomic E-state index is 5.31. The van der Waals surface area contributed by atoms with Gasteiger partial charge in [-0.05, 0) is 13.8 Å². The molecule has 3 heteroatoms. The average Bonchev–Trinajstić information content (AvgIpc) is 2.20. The van der Waals surface area contributed by atoms with Gasteiger partial charge in [-0.2, -0.15) is 0 Å². The summed E-state index contributed by atoms with van der Waals surface area (Å²) in [5.74, 6) is 0. The van der Waals surface area contributed by atoms with Gasteiger partial charge in [0.1, 0.15) is 0 Å². The van der Waals surface area contributed by atoms with Crippen molar-refractivity contribution in [1.82, 2.24) is 10.2 Å². The summed E-state index contributed by atoms with van der Waals surface area (Å²) in [5, 5.41) is 3.46. The third kappa shape index (κ3) is 4.74. The van der Waals surface area contributed by atoms with E-state index < -0.39 is 0 Å². The van der Waals surface area contributed by atoms with Crippen LogP contribution in [0.4, 0.5) is 0 Å². The molecule has 1 aliphatic rings. The molecule has 82 valence electrons. The fourth-order valence-electron chi connectivity index (χ4n) is 1.62. The van der Waals surface area contributed by atoms with Gasteiger partial charge in [-0.1, -0.05) is 12.2 Å². The lowest BCUT2D eigenvalue weighted by molar-refractivity contribution is 0.0346. The van der Waals surface area contributed by atoms with Crippen LogP contribution in [0.2, 0.25) is 0 Å². The first-order valence-corrected chi connectivity index (χ1v) is 5.47. The Morgan fingerprint density at radius 2 is 2.14 bits per heavy atom. The Morgan fingerprint density at radius 3 is 2.79 bits per heavy atom. The summed E-state index contributed by atoms with van der Waals surface area (Å²) < 4.78 is 5.31. The Morgan fingerprint density at radius 1 is 1.43 bits per heavy atom. The summed E-state index contributed by atoms with van der Waals surface area (Å²) in [6, 6.07) is 0.560. The van der Waals surface area contributed by atoms with Gasteiger partial charge < -0.3 is 10.1 Å². The van der Waals surface area contributed by atoms with Gasteiger partial charge in [0.05, 0.1) is 13.2 Å². The molecule has 0 radical (unpaired) electrons. The average molecular weight is 198 g/mol.